The van der Waals surface area contributed by atoms with Crippen LogP contribution in [-0.2, 0) is 15.1 Å². The van der Waals surface area contributed by atoms with E-state index in [9.17, 15) is 24.3 Å². The molecule has 1 spiro atoms. The van der Waals surface area contributed by atoms with Crippen LogP contribution in [0.3, 0.4) is 0 Å². The first-order valence-corrected chi connectivity index (χ1v) is 12.9. The molecular formula is C30H24N4O5. The van der Waals surface area contributed by atoms with Gasteiger partial charge in [0, 0.05) is 11.6 Å². The standard InChI is InChI=1S/C30H24N4O5/c1-15(2)24-22-23(27(37)33(26(22)36)17-13-11-16(12-14-17)28(38)39)30(32-24)19-8-4-6-10-21(19)34-25(35)18-7-3-5-9-20(18)31-29(30)34/h3-15,22-24,32H,1-2H3,(H,38,39)/t22-,23-,24+,30+/m1/s1. The summed E-state index contributed by atoms with van der Waals surface area (Å²) in [5.74, 6) is -3.04. The van der Waals surface area contributed by atoms with E-state index in [1.54, 1.807) is 22.8 Å². The van der Waals surface area contributed by atoms with Crippen LogP contribution in [0.2, 0.25) is 0 Å². The van der Waals surface area contributed by atoms with E-state index in [-0.39, 0.29) is 29.0 Å². The Labute approximate surface area is 222 Å². The van der Waals surface area contributed by atoms with Gasteiger partial charge >= 0.3 is 5.97 Å². The molecule has 194 valence electrons. The summed E-state index contributed by atoms with van der Waals surface area (Å²) in [6.45, 7) is 4.00. The Balaban J connectivity index is 1.49. The summed E-state index contributed by atoms with van der Waals surface area (Å²) in [5.41, 5.74) is 0.821. The number of carbonyl (C=O) groups excluding carboxylic acids is 2. The molecule has 3 aliphatic rings. The third kappa shape index (κ3) is 2.90. The van der Waals surface area contributed by atoms with Crippen LogP contribution in [0.4, 0.5) is 5.69 Å². The number of aromatic nitrogens is 2. The van der Waals surface area contributed by atoms with Gasteiger partial charge in [0.25, 0.3) is 5.56 Å². The van der Waals surface area contributed by atoms with E-state index < -0.39 is 29.3 Å². The second-order valence-corrected chi connectivity index (χ2v) is 10.7. The Kier molecular flexibility index (Phi) is 4.78. The largest absolute Gasteiger partial charge is 0.478 e. The third-order valence-electron chi connectivity index (χ3n) is 8.39. The van der Waals surface area contributed by atoms with E-state index in [0.717, 1.165) is 5.56 Å². The SMILES string of the molecule is CC(C)[C@@H]1N[C@@]2(c3ccccc3-n3c2nc2ccccc2c3=O)[C@H]2C(=O)N(c3ccc(C(=O)O)cc3)C(=O)[C@@H]12. The molecule has 0 radical (unpaired) electrons. The van der Waals surface area contributed by atoms with E-state index in [4.69, 9.17) is 4.98 Å². The van der Waals surface area contributed by atoms with E-state index >= 15 is 0 Å². The minimum Gasteiger partial charge on any atom is -0.478 e. The molecule has 1 aromatic heterocycles. The molecule has 2 fully saturated rings. The molecule has 0 saturated carbocycles. The Morgan fingerprint density at radius 2 is 1.64 bits per heavy atom. The van der Waals surface area contributed by atoms with Gasteiger partial charge in [-0.1, -0.05) is 44.2 Å². The van der Waals surface area contributed by atoms with Crippen LogP contribution in [0, 0.1) is 17.8 Å². The minimum atomic E-state index is -1.21. The number of carbonyl (C=O) groups is 3. The number of nitrogens with zero attached hydrogens (tertiary/aromatic N) is 3. The number of hydrogen-bond acceptors (Lipinski definition) is 6. The summed E-state index contributed by atoms with van der Waals surface area (Å²) in [7, 11) is 0. The van der Waals surface area contributed by atoms with Crippen molar-refractivity contribution in [2.75, 3.05) is 4.90 Å². The Hall–Kier alpha value is -4.63. The van der Waals surface area contributed by atoms with Crippen molar-refractivity contribution in [3.63, 3.8) is 0 Å². The lowest BCUT2D eigenvalue weighted by Gasteiger charge is -2.32. The van der Waals surface area contributed by atoms with Crippen molar-refractivity contribution in [2.45, 2.75) is 25.4 Å². The van der Waals surface area contributed by atoms with Crippen molar-refractivity contribution in [1.82, 2.24) is 14.9 Å². The summed E-state index contributed by atoms with van der Waals surface area (Å²) in [4.78, 5) is 59.7. The predicted octanol–water partition coefficient (Wildman–Crippen LogP) is 3.07. The molecule has 4 heterocycles. The van der Waals surface area contributed by atoms with Crippen LogP contribution in [0.5, 0.6) is 0 Å². The number of carboxylic acids is 1. The number of imide groups is 1. The number of para-hydroxylation sites is 2. The van der Waals surface area contributed by atoms with Crippen molar-refractivity contribution in [1.29, 1.82) is 0 Å². The van der Waals surface area contributed by atoms with Gasteiger partial charge in [-0.05, 0) is 48.4 Å². The van der Waals surface area contributed by atoms with Gasteiger partial charge < -0.3 is 5.11 Å². The lowest BCUT2D eigenvalue weighted by atomic mass is 9.75. The van der Waals surface area contributed by atoms with E-state index in [0.29, 0.717) is 28.1 Å². The molecule has 0 unspecified atom stereocenters. The molecule has 0 aliphatic carbocycles. The first-order chi connectivity index (χ1) is 18.8. The van der Waals surface area contributed by atoms with Crippen molar-refractivity contribution in [3.05, 3.63) is 100 Å². The molecule has 3 aliphatic heterocycles. The molecular weight excluding hydrogens is 496 g/mol. The molecule has 39 heavy (non-hydrogen) atoms. The summed E-state index contributed by atoms with van der Waals surface area (Å²) in [6.07, 6.45) is 0. The first-order valence-electron chi connectivity index (χ1n) is 12.9. The Morgan fingerprint density at radius 1 is 0.949 bits per heavy atom. The van der Waals surface area contributed by atoms with Crippen LogP contribution in [0.15, 0.2) is 77.6 Å². The van der Waals surface area contributed by atoms with Crippen LogP contribution >= 0.6 is 0 Å². The number of hydrogen-bond donors (Lipinski definition) is 2. The highest BCUT2D eigenvalue weighted by molar-refractivity contribution is 6.23. The fourth-order valence-corrected chi connectivity index (χ4v) is 6.73. The number of carboxylic acid groups (broad SMARTS) is 1. The highest BCUT2D eigenvalue weighted by Gasteiger charge is 2.70. The van der Waals surface area contributed by atoms with Crippen molar-refractivity contribution < 1.29 is 19.5 Å². The molecule has 3 aromatic carbocycles. The van der Waals surface area contributed by atoms with E-state index in [1.165, 1.54) is 29.2 Å². The Morgan fingerprint density at radius 3 is 2.36 bits per heavy atom. The number of nitrogens with one attached hydrogen (secondary N) is 1. The maximum Gasteiger partial charge on any atom is 0.335 e. The zero-order chi connectivity index (χ0) is 27.2. The highest BCUT2D eigenvalue weighted by Crippen LogP contribution is 2.56. The topological polar surface area (TPSA) is 122 Å². The number of fused-ring (bicyclic) bond motifs is 8. The number of amides is 2. The summed E-state index contributed by atoms with van der Waals surface area (Å²) in [6, 6.07) is 19.9. The summed E-state index contributed by atoms with van der Waals surface area (Å²) >= 11 is 0. The molecule has 4 aromatic rings. The molecule has 9 nitrogen and oxygen atoms in total. The van der Waals surface area contributed by atoms with Gasteiger partial charge in [-0.3, -0.25) is 24.3 Å². The van der Waals surface area contributed by atoms with Gasteiger partial charge in [0.2, 0.25) is 11.8 Å². The maximum atomic E-state index is 14.3. The normalized spacial score (nSPS) is 25.0. The van der Waals surface area contributed by atoms with Crippen LogP contribution < -0.4 is 15.8 Å². The van der Waals surface area contributed by atoms with Crippen LogP contribution in [-0.4, -0.2) is 38.5 Å². The maximum absolute atomic E-state index is 14.3. The third-order valence-corrected chi connectivity index (χ3v) is 8.39. The summed E-state index contributed by atoms with van der Waals surface area (Å²) < 4.78 is 1.58. The second kappa shape index (κ2) is 7.94. The van der Waals surface area contributed by atoms with Crippen molar-refractivity contribution in [2.24, 2.45) is 17.8 Å². The predicted molar refractivity (Wildman–Crippen MR) is 143 cm³/mol. The fraction of sp³-hybridized carbons (Fsp3) is 0.233. The smallest absolute Gasteiger partial charge is 0.335 e. The molecule has 7 rings (SSSR count). The van der Waals surface area contributed by atoms with E-state index in [2.05, 4.69) is 5.32 Å². The van der Waals surface area contributed by atoms with Gasteiger partial charge in [-0.25, -0.2) is 14.7 Å². The van der Waals surface area contributed by atoms with Gasteiger partial charge in [-0.2, -0.15) is 0 Å². The number of aromatic carboxylic acids is 1. The molecule has 2 N–H and O–H groups in total. The second-order valence-electron chi connectivity index (χ2n) is 10.7. The van der Waals surface area contributed by atoms with Gasteiger partial charge in [-0.15, -0.1) is 0 Å². The van der Waals surface area contributed by atoms with Gasteiger partial charge in [0.05, 0.1) is 39.7 Å². The molecule has 2 saturated heterocycles. The lowest BCUT2D eigenvalue weighted by Crippen LogP contribution is -2.51. The van der Waals surface area contributed by atoms with Crippen molar-refractivity contribution >= 4 is 34.4 Å². The monoisotopic (exact) mass is 520 g/mol. The first kappa shape index (κ1) is 23.5. The fourth-order valence-electron chi connectivity index (χ4n) is 6.73. The van der Waals surface area contributed by atoms with Crippen LogP contribution in [0.25, 0.3) is 16.6 Å². The quantitative estimate of drug-likeness (QED) is 0.398. The number of anilines is 1. The Bertz CT molecular complexity index is 1790. The molecule has 9 heteroatoms. The summed E-state index contributed by atoms with van der Waals surface area (Å²) in [5, 5.41) is 13.4. The molecule has 2 amide bonds. The zero-order valence-electron chi connectivity index (χ0n) is 21.2. The molecule has 0 bridgehead atoms. The highest BCUT2D eigenvalue weighted by atomic mass is 16.4. The van der Waals surface area contributed by atoms with E-state index in [1.807, 2.05) is 44.2 Å². The van der Waals surface area contributed by atoms with Crippen LogP contribution in [0.1, 0.15) is 35.6 Å². The average Bonchev–Trinajstić information content (AvgIpc) is 3.52. The minimum absolute atomic E-state index is 0.0173. The van der Waals surface area contributed by atoms with Gasteiger partial charge in [0.15, 0.2) is 0 Å². The van der Waals surface area contributed by atoms with Gasteiger partial charge in [0.1, 0.15) is 11.4 Å². The number of benzene rings is 3. The molecule has 4 atom stereocenters. The average molecular weight is 521 g/mol. The zero-order valence-corrected chi connectivity index (χ0v) is 21.2. The lowest BCUT2D eigenvalue weighted by molar-refractivity contribution is -0.123. The van der Waals surface area contributed by atoms with Crippen molar-refractivity contribution in [3.8, 4) is 5.69 Å². The number of rotatable bonds is 3.